The van der Waals surface area contributed by atoms with Gasteiger partial charge in [-0.25, -0.2) is 0 Å². The van der Waals surface area contributed by atoms with E-state index in [9.17, 15) is 4.79 Å². The summed E-state index contributed by atoms with van der Waals surface area (Å²) in [5.74, 6) is 1.22. The smallest absolute Gasteiger partial charge is 0.174 e. The van der Waals surface area contributed by atoms with E-state index in [1.165, 1.54) is 0 Å². The third kappa shape index (κ3) is 4.32. The zero-order valence-corrected chi connectivity index (χ0v) is 13.7. The quantitative estimate of drug-likeness (QED) is 0.544. The summed E-state index contributed by atoms with van der Waals surface area (Å²) in [7, 11) is 1.56. The molecule has 2 rings (SSSR count). The normalized spacial score (nSPS) is 10.6. The van der Waals surface area contributed by atoms with Gasteiger partial charge in [0.2, 0.25) is 0 Å². The maximum Gasteiger partial charge on any atom is 0.174 e. The Labute approximate surface area is 137 Å². The van der Waals surface area contributed by atoms with Crippen molar-refractivity contribution >= 4 is 35.0 Å². The van der Waals surface area contributed by atoms with Crippen LogP contribution in [0.4, 0.5) is 0 Å². The minimum Gasteiger partial charge on any atom is -0.493 e. The van der Waals surface area contributed by atoms with Gasteiger partial charge in [-0.3, -0.25) is 4.79 Å². The molecule has 3 nitrogen and oxygen atoms in total. The van der Waals surface area contributed by atoms with Gasteiger partial charge in [-0.05, 0) is 46.4 Å². The van der Waals surface area contributed by atoms with E-state index in [1.807, 2.05) is 42.5 Å². The monoisotopic (exact) mass is 394 g/mol. The highest BCUT2D eigenvalue weighted by Gasteiger charge is 2.10. The number of methoxy groups -OCH3 is 1. The molecule has 0 amide bonds. The summed E-state index contributed by atoms with van der Waals surface area (Å²) < 4.78 is 11.9. The summed E-state index contributed by atoms with van der Waals surface area (Å²) >= 11 is 2.13. The Morgan fingerprint density at radius 1 is 1.14 bits per heavy atom. The molecule has 21 heavy (non-hydrogen) atoms. The van der Waals surface area contributed by atoms with E-state index in [0.717, 1.165) is 15.4 Å². The average molecular weight is 394 g/mol. The Bertz CT molecular complexity index is 636. The SMILES string of the molecule is COc1cc(C=O)cc(I)c1OC/C=C/c1ccccc1. The highest BCUT2D eigenvalue weighted by molar-refractivity contribution is 14.1. The molecule has 108 valence electrons. The molecule has 0 fully saturated rings. The van der Waals surface area contributed by atoms with Gasteiger partial charge in [0.15, 0.2) is 11.5 Å². The van der Waals surface area contributed by atoms with E-state index in [4.69, 9.17) is 9.47 Å². The number of hydrogen-bond donors (Lipinski definition) is 0. The third-order valence-corrected chi connectivity index (χ3v) is 3.62. The van der Waals surface area contributed by atoms with Crippen LogP contribution in [-0.4, -0.2) is 20.0 Å². The van der Waals surface area contributed by atoms with Crippen LogP contribution in [0.3, 0.4) is 0 Å². The van der Waals surface area contributed by atoms with Crippen LogP contribution in [0.2, 0.25) is 0 Å². The minimum absolute atomic E-state index is 0.432. The van der Waals surface area contributed by atoms with Gasteiger partial charge < -0.3 is 9.47 Å². The second-order valence-corrected chi connectivity index (χ2v) is 5.44. The molecule has 0 aliphatic heterocycles. The predicted molar refractivity (Wildman–Crippen MR) is 92.1 cm³/mol. The first-order chi connectivity index (χ1) is 10.2. The lowest BCUT2D eigenvalue weighted by atomic mass is 10.2. The molecular weight excluding hydrogens is 379 g/mol. The molecule has 0 heterocycles. The molecular formula is C17H15IO3. The number of carbonyl (C=O) groups excluding carboxylic acids is 1. The molecule has 0 saturated heterocycles. The van der Waals surface area contributed by atoms with Crippen LogP contribution in [0.1, 0.15) is 15.9 Å². The van der Waals surface area contributed by atoms with Crippen LogP contribution < -0.4 is 9.47 Å². The highest BCUT2D eigenvalue weighted by Crippen LogP contribution is 2.33. The highest BCUT2D eigenvalue weighted by atomic mass is 127. The van der Waals surface area contributed by atoms with Crippen LogP contribution in [0.5, 0.6) is 11.5 Å². The average Bonchev–Trinajstić information content (AvgIpc) is 2.53. The number of carbonyl (C=O) groups is 1. The largest absolute Gasteiger partial charge is 0.493 e. The molecule has 0 aliphatic rings. The second kappa shape index (κ2) is 7.83. The van der Waals surface area contributed by atoms with Crippen LogP contribution >= 0.6 is 22.6 Å². The van der Waals surface area contributed by atoms with Gasteiger partial charge >= 0.3 is 0 Å². The van der Waals surface area contributed by atoms with Gasteiger partial charge in [0.1, 0.15) is 12.9 Å². The number of rotatable bonds is 6. The van der Waals surface area contributed by atoms with Crippen molar-refractivity contribution in [2.75, 3.05) is 13.7 Å². The van der Waals surface area contributed by atoms with Gasteiger partial charge in [-0.2, -0.15) is 0 Å². The van der Waals surface area contributed by atoms with Gasteiger partial charge in [0.25, 0.3) is 0 Å². The van der Waals surface area contributed by atoms with E-state index in [0.29, 0.717) is 23.7 Å². The zero-order chi connectivity index (χ0) is 15.1. The fourth-order valence-corrected chi connectivity index (χ4v) is 2.61. The zero-order valence-electron chi connectivity index (χ0n) is 11.6. The summed E-state index contributed by atoms with van der Waals surface area (Å²) in [6.07, 6.45) is 4.74. The second-order valence-electron chi connectivity index (χ2n) is 4.28. The Morgan fingerprint density at radius 2 is 1.90 bits per heavy atom. The van der Waals surface area contributed by atoms with Crippen LogP contribution in [0.15, 0.2) is 48.5 Å². The number of benzene rings is 2. The van der Waals surface area contributed by atoms with E-state index in [2.05, 4.69) is 22.6 Å². The summed E-state index contributed by atoms with van der Waals surface area (Å²) in [4.78, 5) is 10.8. The molecule has 0 atom stereocenters. The first-order valence-corrected chi connectivity index (χ1v) is 7.49. The molecule has 0 saturated carbocycles. The molecule has 2 aromatic carbocycles. The van der Waals surface area contributed by atoms with Crippen molar-refractivity contribution in [3.05, 3.63) is 63.2 Å². The first-order valence-electron chi connectivity index (χ1n) is 6.41. The number of aldehydes is 1. The van der Waals surface area contributed by atoms with E-state index in [-0.39, 0.29) is 0 Å². The molecule has 0 radical (unpaired) electrons. The molecule has 4 heteroatoms. The van der Waals surface area contributed by atoms with Crippen molar-refractivity contribution in [3.63, 3.8) is 0 Å². The van der Waals surface area contributed by atoms with Crippen molar-refractivity contribution in [1.29, 1.82) is 0 Å². The number of ether oxygens (including phenoxy) is 2. The van der Waals surface area contributed by atoms with Crippen LogP contribution in [0, 0.1) is 3.57 Å². The maximum atomic E-state index is 10.8. The summed E-state index contributed by atoms with van der Waals surface area (Å²) in [5.41, 5.74) is 1.70. The Kier molecular flexibility index (Phi) is 5.80. The predicted octanol–water partition coefficient (Wildman–Crippen LogP) is 4.20. The molecule has 2 aromatic rings. The van der Waals surface area contributed by atoms with Crippen molar-refractivity contribution in [2.24, 2.45) is 0 Å². The maximum absolute atomic E-state index is 10.8. The third-order valence-electron chi connectivity index (χ3n) is 2.82. The van der Waals surface area contributed by atoms with Crippen LogP contribution in [-0.2, 0) is 0 Å². The van der Waals surface area contributed by atoms with Gasteiger partial charge in [0, 0.05) is 5.56 Å². The molecule has 0 spiro atoms. The van der Waals surface area contributed by atoms with E-state index in [1.54, 1.807) is 19.2 Å². The lowest BCUT2D eigenvalue weighted by Crippen LogP contribution is -2.00. The van der Waals surface area contributed by atoms with Crippen molar-refractivity contribution in [2.45, 2.75) is 0 Å². The fourth-order valence-electron chi connectivity index (χ4n) is 1.83. The van der Waals surface area contributed by atoms with Gasteiger partial charge in [-0.1, -0.05) is 36.4 Å². The Balaban J connectivity index is 2.06. The summed E-state index contributed by atoms with van der Waals surface area (Å²) in [6.45, 7) is 0.432. The first kappa shape index (κ1) is 15.6. The topological polar surface area (TPSA) is 35.5 Å². The van der Waals surface area contributed by atoms with Crippen molar-refractivity contribution in [3.8, 4) is 11.5 Å². The van der Waals surface area contributed by atoms with Crippen LogP contribution in [0.25, 0.3) is 6.08 Å². The number of hydrogen-bond acceptors (Lipinski definition) is 3. The van der Waals surface area contributed by atoms with E-state index >= 15 is 0 Å². The summed E-state index contributed by atoms with van der Waals surface area (Å²) in [6, 6.07) is 13.5. The summed E-state index contributed by atoms with van der Waals surface area (Å²) in [5, 5.41) is 0. The Morgan fingerprint density at radius 3 is 2.57 bits per heavy atom. The Hall–Kier alpha value is -1.82. The molecule has 0 N–H and O–H groups in total. The molecule has 0 aromatic heterocycles. The van der Waals surface area contributed by atoms with Crippen molar-refractivity contribution in [1.82, 2.24) is 0 Å². The number of halogens is 1. The molecule has 0 aliphatic carbocycles. The lowest BCUT2D eigenvalue weighted by Gasteiger charge is -2.11. The van der Waals surface area contributed by atoms with E-state index < -0.39 is 0 Å². The van der Waals surface area contributed by atoms with Crippen molar-refractivity contribution < 1.29 is 14.3 Å². The van der Waals surface area contributed by atoms with Gasteiger partial charge in [0.05, 0.1) is 10.7 Å². The lowest BCUT2D eigenvalue weighted by molar-refractivity contribution is 0.112. The fraction of sp³-hybridized carbons (Fsp3) is 0.118. The standard InChI is InChI=1S/C17H15IO3/c1-20-16-11-14(12-19)10-15(18)17(16)21-9-5-8-13-6-3-2-4-7-13/h2-8,10-12H,9H2,1H3/b8-5+. The molecule has 0 bridgehead atoms. The molecule has 0 unspecified atom stereocenters. The minimum atomic E-state index is 0.432. The van der Waals surface area contributed by atoms with Gasteiger partial charge in [-0.15, -0.1) is 0 Å².